The topological polar surface area (TPSA) is 43.0 Å². The van der Waals surface area contributed by atoms with Gasteiger partial charge < -0.3 is 24.4 Å². The summed E-state index contributed by atoms with van der Waals surface area (Å²) in [7, 11) is 3.42. The molecule has 1 atom stereocenters. The normalized spacial score (nSPS) is 15.2. The number of benzene rings is 3. The zero-order valence-corrected chi connectivity index (χ0v) is 22.8. The number of ether oxygens (including phenoxy) is 3. The van der Waals surface area contributed by atoms with E-state index in [2.05, 4.69) is 85.6 Å². The van der Waals surface area contributed by atoms with Gasteiger partial charge in [0.15, 0.2) is 11.6 Å². The molecule has 1 aliphatic rings. The number of allylic oxidation sites excluding steroid dienone is 1. The molecule has 0 fully saturated rings. The van der Waals surface area contributed by atoms with Crippen molar-refractivity contribution in [1.82, 2.24) is 0 Å². The molecule has 0 aliphatic carbocycles. The molecule has 3 aromatic carbocycles. The van der Waals surface area contributed by atoms with Crippen LogP contribution in [0.2, 0.25) is 0 Å². The van der Waals surface area contributed by atoms with E-state index in [-0.39, 0.29) is 5.41 Å². The Kier molecular flexibility index (Phi) is 8.65. The standard InChI is InChI=1S/C32H40N2O3/c1-6-19-33-28-15-13-25(35-4)21-27(28)32(3,23-24-11-9-8-10-12-24)18-17-31-34(20-7-2)29-16-14-26(36-5)22-30(29)37-31/h8-17,21-22,33H,6-7,18-20,23H2,1-5H3/b31-17-. The number of rotatable bonds is 12. The van der Waals surface area contributed by atoms with E-state index in [0.717, 1.165) is 73.3 Å². The van der Waals surface area contributed by atoms with Crippen LogP contribution in [0.15, 0.2) is 78.7 Å². The molecule has 4 rings (SSSR count). The molecule has 1 heterocycles. The van der Waals surface area contributed by atoms with Crippen LogP contribution in [0.3, 0.4) is 0 Å². The summed E-state index contributed by atoms with van der Waals surface area (Å²) in [5.41, 5.74) is 4.60. The Labute approximate surface area is 222 Å². The summed E-state index contributed by atoms with van der Waals surface area (Å²) in [6.45, 7) is 8.55. The van der Waals surface area contributed by atoms with Gasteiger partial charge >= 0.3 is 0 Å². The summed E-state index contributed by atoms with van der Waals surface area (Å²) in [5.74, 6) is 3.40. The zero-order chi connectivity index (χ0) is 26.3. The summed E-state index contributed by atoms with van der Waals surface area (Å²) in [6.07, 6.45) is 6.03. The second-order valence-electron chi connectivity index (χ2n) is 9.90. The second-order valence-corrected chi connectivity index (χ2v) is 9.90. The molecule has 196 valence electrons. The summed E-state index contributed by atoms with van der Waals surface area (Å²) in [5, 5.41) is 3.66. The number of anilines is 2. The largest absolute Gasteiger partial charge is 0.497 e. The van der Waals surface area contributed by atoms with Crippen molar-refractivity contribution < 1.29 is 14.2 Å². The van der Waals surface area contributed by atoms with Crippen molar-refractivity contribution in [3.8, 4) is 17.2 Å². The summed E-state index contributed by atoms with van der Waals surface area (Å²) in [4.78, 5) is 2.28. The Morgan fingerprint density at radius 2 is 1.65 bits per heavy atom. The maximum absolute atomic E-state index is 6.40. The quantitative estimate of drug-likeness (QED) is 0.278. The molecular weight excluding hydrogens is 460 g/mol. The monoisotopic (exact) mass is 500 g/mol. The molecule has 0 aromatic heterocycles. The Hall–Kier alpha value is -3.60. The van der Waals surface area contributed by atoms with E-state index in [1.54, 1.807) is 14.2 Å². The lowest BCUT2D eigenvalue weighted by molar-refractivity contribution is 0.400. The highest BCUT2D eigenvalue weighted by atomic mass is 16.5. The fourth-order valence-corrected chi connectivity index (χ4v) is 5.02. The smallest absolute Gasteiger partial charge is 0.196 e. The van der Waals surface area contributed by atoms with Crippen LogP contribution in [-0.2, 0) is 11.8 Å². The summed E-state index contributed by atoms with van der Waals surface area (Å²) < 4.78 is 17.5. The fraction of sp³-hybridized carbons (Fsp3) is 0.375. The number of fused-ring (bicyclic) bond motifs is 1. The van der Waals surface area contributed by atoms with Gasteiger partial charge in [-0.2, -0.15) is 0 Å². The number of nitrogens with one attached hydrogen (secondary N) is 1. The highest BCUT2D eigenvalue weighted by Crippen LogP contribution is 2.43. The first-order valence-corrected chi connectivity index (χ1v) is 13.3. The molecule has 5 heteroatoms. The molecule has 0 radical (unpaired) electrons. The average molecular weight is 501 g/mol. The minimum atomic E-state index is -0.202. The van der Waals surface area contributed by atoms with Gasteiger partial charge in [0.25, 0.3) is 0 Å². The van der Waals surface area contributed by atoms with Crippen molar-refractivity contribution in [3.63, 3.8) is 0 Å². The molecule has 0 saturated heterocycles. The third-order valence-corrected chi connectivity index (χ3v) is 6.99. The first-order valence-electron chi connectivity index (χ1n) is 13.3. The van der Waals surface area contributed by atoms with Crippen molar-refractivity contribution in [1.29, 1.82) is 0 Å². The van der Waals surface area contributed by atoms with E-state index < -0.39 is 0 Å². The number of methoxy groups -OCH3 is 2. The van der Waals surface area contributed by atoms with Crippen LogP contribution in [0.5, 0.6) is 17.2 Å². The number of hydrogen-bond acceptors (Lipinski definition) is 5. The summed E-state index contributed by atoms with van der Waals surface area (Å²) >= 11 is 0. The van der Waals surface area contributed by atoms with Gasteiger partial charge in [-0.05, 0) is 73.2 Å². The molecule has 5 nitrogen and oxygen atoms in total. The van der Waals surface area contributed by atoms with Crippen LogP contribution >= 0.6 is 0 Å². The third-order valence-electron chi connectivity index (χ3n) is 6.99. The minimum Gasteiger partial charge on any atom is -0.497 e. The van der Waals surface area contributed by atoms with Crippen LogP contribution in [0.4, 0.5) is 11.4 Å². The molecule has 1 N–H and O–H groups in total. The molecule has 37 heavy (non-hydrogen) atoms. The molecular formula is C32H40N2O3. The van der Waals surface area contributed by atoms with E-state index in [4.69, 9.17) is 14.2 Å². The van der Waals surface area contributed by atoms with Crippen LogP contribution < -0.4 is 24.4 Å². The molecule has 0 spiro atoms. The average Bonchev–Trinajstić information content (AvgIpc) is 3.27. The first-order chi connectivity index (χ1) is 18.0. The molecule has 3 aromatic rings. The molecule has 1 aliphatic heterocycles. The highest BCUT2D eigenvalue weighted by molar-refractivity contribution is 5.68. The molecule has 0 saturated carbocycles. The minimum absolute atomic E-state index is 0.202. The summed E-state index contributed by atoms with van der Waals surface area (Å²) in [6, 6.07) is 23.2. The van der Waals surface area contributed by atoms with Gasteiger partial charge in [0.2, 0.25) is 0 Å². The predicted molar refractivity (Wildman–Crippen MR) is 153 cm³/mol. The SMILES string of the molecule is CCCNc1ccc(OC)cc1C(C)(C/C=C1\Oc2cc(OC)ccc2N1CCC)Cc1ccccc1. The van der Waals surface area contributed by atoms with Gasteiger partial charge in [0.05, 0.1) is 19.9 Å². The van der Waals surface area contributed by atoms with E-state index >= 15 is 0 Å². The van der Waals surface area contributed by atoms with Gasteiger partial charge in [-0.1, -0.05) is 51.1 Å². The van der Waals surface area contributed by atoms with Crippen LogP contribution in [0.25, 0.3) is 0 Å². The van der Waals surface area contributed by atoms with E-state index in [1.807, 2.05) is 18.2 Å². The van der Waals surface area contributed by atoms with E-state index in [9.17, 15) is 0 Å². The van der Waals surface area contributed by atoms with E-state index in [0.29, 0.717) is 0 Å². The highest BCUT2D eigenvalue weighted by Gasteiger charge is 2.32. The van der Waals surface area contributed by atoms with Gasteiger partial charge in [0, 0.05) is 30.3 Å². The lowest BCUT2D eigenvalue weighted by Crippen LogP contribution is -2.28. The van der Waals surface area contributed by atoms with Crippen molar-refractivity contribution in [2.45, 2.75) is 51.9 Å². The first kappa shape index (κ1) is 26.5. The maximum Gasteiger partial charge on any atom is 0.196 e. The van der Waals surface area contributed by atoms with Crippen molar-refractivity contribution in [3.05, 3.63) is 89.8 Å². The fourth-order valence-electron chi connectivity index (χ4n) is 5.02. The van der Waals surface area contributed by atoms with Crippen LogP contribution in [0.1, 0.15) is 51.2 Å². The van der Waals surface area contributed by atoms with Crippen molar-refractivity contribution in [2.24, 2.45) is 0 Å². The Balaban J connectivity index is 1.74. The van der Waals surface area contributed by atoms with Gasteiger partial charge in [-0.3, -0.25) is 0 Å². The van der Waals surface area contributed by atoms with Crippen molar-refractivity contribution in [2.75, 3.05) is 37.5 Å². The predicted octanol–water partition coefficient (Wildman–Crippen LogP) is 7.57. The van der Waals surface area contributed by atoms with Gasteiger partial charge in [0.1, 0.15) is 11.5 Å². The second kappa shape index (κ2) is 12.1. The molecule has 0 bridgehead atoms. The molecule has 0 amide bonds. The zero-order valence-electron chi connectivity index (χ0n) is 22.8. The van der Waals surface area contributed by atoms with E-state index in [1.165, 1.54) is 11.1 Å². The van der Waals surface area contributed by atoms with Crippen LogP contribution in [-0.4, -0.2) is 27.3 Å². The third kappa shape index (κ3) is 6.04. The van der Waals surface area contributed by atoms with Crippen molar-refractivity contribution >= 4 is 11.4 Å². The Bertz CT molecular complexity index is 1210. The Morgan fingerprint density at radius 1 is 0.919 bits per heavy atom. The molecule has 1 unspecified atom stereocenters. The van der Waals surface area contributed by atoms with Crippen LogP contribution in [0, 0.1) is 0 Å². The Morgan fingerprint density at radius 3 is 2.35 bits per heavy atom. The van der Waals surface area contributed by atoms with Gasteiger partial charge in [-0.15, -0.1) is 0 Å². The lowest BCUT2D eigenvalue weighted by Gasteiger charge is -2.32. The lowest BCUT2D eigenvalue weighted by atomic mass is 9.74. The van der Waals surface area contributed by atoms with Gasteiger partial charge in [-0.25, -0.2) is 0 Å². The maximum atomic E-state index is 6.40. The number of hydrogen-bond donors (Lipinski definition) is 1. The number of nitrogens with zero attached hydrogens (tertiary/aromatic N) is 1.